The Morgan fingerprint density at radius 3 is 2.38 bits per heavy atom. The molecule has 0 aliphatic carbocycles. The van der Waals surface area contributed by atoms with Gasteiger partial charge in [-0.3, -0.25) is 4.79 Å². The van der Waals surface area contributed by atoms with Crippen LogP contribution in [0.4, 0.5) is 5.69 Å². The number of rotatable bonds is 7. The van der Waals surface area contributed by atoms with Gasteiger partial charge in [0, 0.05) is 5.69 Å². The smallest absolute Gasteiger partial charge is 0.266 e. The SMILES string of the molecule is CCOc1ccc(NC(=O)C(C#N)=Cc2ccc(OC)c(OC)c2)cc1. The average Bonchev–Trinajstić information content (AvgIpc) is 2.67. The first-order valence-electron chi connectivity index (χ1n) is 7.99. The van der Waals surface area contributed by atoms with E-state index in [1.54, 1.807) is 49.6 Å². The molecule has 6 heteroatoms. The molecule has 1 N–H and O–H groups in total. The van der Waals surface area contributed by atoms with Crippen molar-refractivity contribution in [3.63, 3.8) is 0 Å². The van der Waals surface area contributed by atoms with Crippen molar-refractivity contribution in [1.29, 1.82) is 5.26 Å². The number of hydrogen-bond acceptors (Lipinski definition) is 5. The molecule has 0 radical (unpaired) electrons. The molecule has 0 atom stereocenters. The van der Waals surface area contributed by atoms with E-state index < -0.39 is 5.91 Å². The summed E-state index contributed by atoms with van der Waals surface area (Å²) in [5, 5.41) is 12.0. The van der Waals surface area contributed by atoms with Gasteiger partial charge in [-0.15, -0.1) is 0 Å². The van der Waals surface area contributed by atoms with Crippen molar-refractivity contribution in [1.82, 2.24) is 0 Å². The van der Waals surface area contributed by atoms with Gasteiger partial charge in [0.1, 0.15) is 17.4 Å². The highest BCUT2D eigenvalue weighted by Crippen LogP contribution is 2.28. The van der Waals surface area contributed by atoms with E-state index in [4.69, 9.17) is 14.2 Å². The highest BCUT2D eigenvalue weighted by atomic mass is 16.5. The molecule has 0 spiro atoms. The van der Waals surface area contributed by atoms with E-state index in [0.29, 0.717) is 35.1 Å². The number of benzene rings is 2. The summed E-state index contributed by atoms with van der Waals surface area (Å²) >= 11 is 0. The zero-order chi connectivity index (χ0) is 18.9. The minimum Gasteiger partial charge on any atom is -0.494 e. The number of nitriles is 1. The lowest BCUT2D eigenvalue weighted by Gasteiger charge is -2.08. The second-order valence-electron chi connectivity index (χ2n) is 5.20. The van der Waals surface area contributed by atoms with E-state index in [9.17, 15) is 10.1 Å². The number of nitrogens with one attached hydrogen (secondary N) is 1. The molecule has 0 aliphatic heterocycles. The molecule has 2 rings (SSSR count). The number of nitrogens with zero attached hydrogens (tertiary/aromatic N) is 1. The Balaban J connectivity index is 2.17. The third-order valence-corrected chi connectivity index (χ3v) is 3.51. The number of amides is 1. The zero-order valence-corrected chi connectivity index (χ0v) is 14.9. The summed E-state index contributed by atoms with van der Waals surface area (Å²) in [5.41, 5.74) is 1.21. The number of anilines is 1. The summed E-state index contributed by atoms with van der Waals surface area (Å²) in [4.78, 5) is 12.3. The highest BCUT2D eigenvalue weighted by Gasteiger charge is 2.11. The van der Waals surface area contributed by atoms with Gasteiger partial charge in [0.05, 0.1) is 20.8 Å². The molecule has 2 aromatic carbocycles. The topological polar surface area (TPSA) is 80.6 Å². The molecule has 134 valence electrons. The van der Waals surface area contributed by atoms with Crippen molar-refractivity contribution in [3.8, 4) is 23.3 Å². The Kier molecular flexibility index (Phi) is 6.63. The predicted octanol–water partition coefficient (Wildman–Crippen LogP) is 3.65. The van der Waals surface area contributed by atoms with Gasteiger partial charge in [0.25, 0.3) is 5.91 Å². The van der Waals surface area contributed by atoms with E-state index in [1.807, 2.05) is 13.0 Å². The third kappa shape index (κ3) is 4.77. The summed E-state index contributed by atoms with van der Waals surface area (Å²) in [6.07, 6.45) is 1.49. The van der Waals surface area contributed by atoms with Crippen molar-refractivity contribution < 1.29 is 19.0 Å². The van der Waals surface area contributed by atoms with E-state index in [0.717, 1.165) is 0 Å². The highest BCUT2D eigenvalue weighted by molar-refractivity contribution is 6.09. The zero-order valence-electron chi connectivity index (χ0n) is 14.9. The molecule has 0 aliphatic rings. The molecule has 6 nitrogen and oxygen atoms in total. The Hall–Kier alpha value is -3.46. The predicted molar refractivity (Wildman–Crippen MR) is 99.4 cm³/mol. The molecule has 0 aromatic heterocycles. The fourth-order valence-electron chi connectivity index (χ4n) is 2.26. The first-order valence-corrected chi connectivity index (χ1v) is 7.99. The summed E-state index contributed by atoms with van der Waals surface area (Å²) in [6, 6.07) is 14.0. The molecule has 1 amide bonds. The monoisotopic (exact) mass is 352 g/mol. The average molecular weight is 352 g/mol. The summed E-state index contributed by atoms with van der Waals surface area (Å²) in [6.45, 7) is 2.46. The van der Waals surface area contributed by atoms with Gasteiger partial charge in [0.2, 0.25) is 0 Å². The van der Waals surface area contributed by atoms with Gasteiger partial charge in [-0.25, -0.2) is 0 Å². The molecule has 0 unspecified atom stereocenters. The summed E-state index contributed by atoms with van der Waals surface area (Å²) in [5.74, 6) is 1.31. The van der Waals surface area contributed by atoms with E-state index in [2.05, 4.69) is 5.32 Å². The standard InChI is InChI=1S/C20H20N2O4/c1-4-26-17-8-6-16(7-9-17)22-20(23)15(13-21)11-14-5-10-18(24-2)19(12-14)25-3/h5-12H,4H2,1-3H3,(H,22,23). The van der Waals surface area contributed by atoms with Crippen molar-refractivity contribution in [2.75, 3.05) is 26.1 Å². The van der Waals surface area contributed by atoms with Crippen LogP contribution >= 0.6 is 0 Å². The maximum atomic E-state index is 12.3. The number of methoxy groups -OCH3 is 2. The lowest BCUT2D eigenvalue weighted by atomic mass is 10.1. The lowest BCUT2D eigenvalue weighted by Crippen LogP contribution is -2.13. The van der Waals surface area contributed by atoms with E-state index >= 15 is 0 Å². The van der Waals surface area contributed by atoms with Crippen LogP contribution in [0.15, 0.2) is 48.0 Å². The van der Waals surface area contributed by atoms with Crippen molar-refractivity contribution in [3.05, 3.63) is 53.6 Å². The van der Waals surface area contributed by atoms with Crippen LogP contribution in [0, 0.1) is 11.3 Å². The summed E-state index contributed by atoms with van der Waals surface area (Å²) in [7, 11) is 3.06. The van der Waals surface area contributed by atoms with Crippen molar-refractivity contribution >= 4 is 17.7 Å². The van der Waals surface area contributed by atoms with Gasteiger partial charge < -0.3 is 19.5 Å². The van der Waals surface area contributed by atoms with Gasteiger partial charge in [-0.05, 0) is 55.0 Å². The van der Waals surface area contributed by atoms with Gasteiger partial charge in [-0.1, -0.05) is 6.07 Å². The van der Waals surface area contributed by atoms with Crippen LogP contribution in [0.2, 0.25) is 0 Å². The first kappa shape index (κ1) is 18.9. The molecule has 0 bridgehead atoms. The Morgan fingerprint density at radius 2 is 1.81 bits per heavy atom. The second-order valence-corrected chi connectivity index (χ2v) is 5.20. The van der Waals surface area contributed by atoms with E-state index in [1.165, 1.54) is 13.2 Å². The first-order chi connectivity index (χ1) is 12.6. The number of hydrogen-bond donors (Lipinski definition) is 1. The minimum absolute atomic E-state index is 0.0221. The maximum absolute atomic E-state index is 12.3. The molecule has 0 fully saturated rings. The Morgan fingerprint density at radius 1 is 1.12 bits per heavy atom. The third-order valence-electron chi connectivity index (χ3n) is 3.51. The molecule has 26 heavy (non-hydrogen) atoms. The van der Waals surface area contributed by atoms with E-state index in [-0.39, 0.29) is 5.57 Å². The molecular weight excluding hydrogens is 332 g/mol. The Labute approximate surface area is 152 Å². The van der Waals surface area contributed by atoms with Crippen molar-refractivity contribution in [2.24, 2.45) is 0 Å². The molecule has 0 saturated carbocycles. The fraction of sp³-hybridized carbons (Fsp3) is 0.200. The lowest BCUT2D eigenvalue weighted by molar-refractivity contribution is -0.112. The number of ether oxygens (including phenoxy) is 3. The van der Waals surface area contributed by atoms with Crippen LogP contribution in [0.5, 0.6) is 17.2 Å². The van der Waals surface area contributed by atoms with Crippen LogP contribution in [0.3, 0.4) is 0 Å². The second kappa shape index (κ2) is 9.14. The number of carbonyl (C=O) groups is 1. The summed E-state index contributed by atoms with van der Waals surface area (Å²) < 4.78 is 15.8. The largest absolute Gasteiger partial charge is 0.494 e. The molecule has 0 heterocycles. The molecule has 0 saturated heterocycles. The van der Waals surface area contributed by atoms with Gasteiger partial charge in [0.15, 0.2) is 11.5 Å². The van der Waals surface area contributed by atoms with Crippen LogP contribution < -0.4 is 19.5 Å². The fourth-order valence-corrected chi connectivity index (χ4v) is 2.26. The quantitative estimate of drug-likeness (QED) is 0.608. The number of carbonyl (C=O) groups excluding carboxylic acids is 1. The molecule has 2 aromatic rings. The van der Waals surface area contributed by atoms with Crippen LogP contribution in [0.25, 0.3) is 6.08 Å². The van der Waals surface area contributed by atoms with Gasteiger partial charge >= 0.3 is 0 Å². The minimum atomic E-state index is -0.494. The van der Waals surface area contributed by atoms with Crippen LogP contribution in [-0.4, -0.2) is 26.7 Å². The van der Waals surface area contributed by atoms with Gasteiger partial charge in [-0.2, -0.15) is 5.26 Å². The van der Waals surface area contributed by atoms with Crippen molar-refractivity contribution in [2.45, 2.75) is 6.92 Å². The van der Waals surface area contributed by atoms with Crippen LogP contribution in [-0.2, 0) is 4.79 Å². The normalized spacial score (nSPS) is 10.6. The van der Waals surface area contributed by atoms with Crippen LogP contribution in [0.1, 0.15) is 12.5 Å². The molecular formula is C20H20N2O4. The maximum Gasteiger partial charge on any atom is 0.266 e. The Bertz CT molecular complexity index is 836.